The van der Waals surface area contributed by atoms with E-state index in [9.17, 15) is 8.42 Å². The molecule has 1 heterocycles. The molecule has 0 saturated carbocycles. The normalized spacial score (nSPS) is 11.5. The predicted molar refractivity (Wildman–Crippen MR) is 98.8 cm³/mol. The van der Waals surface area contributed by atoms with Crippen molar-refractivity contribution in [2.24, 2.45) is 0 Å². The molecule has 0 aliphatic carbocycles. The number of nitrogens with one attached hydrogen (secondary N) is 1. The first kappa shape index (κ1) is 18.0. The Hall–Kier alpha value is -2.78. The van der Waals surface area contributed by atoms with Crippen molar-refractivity contribution < 1.29 is 8.42 Å². The minimum atomic E-state index is -3.61. The van der Waals surface area contributed by atoms with Crippen molar-refractivity contribution in [2.45, 2.75) is 11.3 Å². The maximum atomic E-state index is 12.5. The molecule has 0 aliphatic heterocycles. The fourth-order valence-electron chi connectivity index (χ4n) is 2.45. The van der Waals surface area contributed by atoms with Gasteiger partial charge in [-0.15, -0.1) is 5.10 Å². The first-order valence-corrected chi connectivity index (χ1v) is 9.53. The highest BCUT2D eigenvalue weighted by Crippen LogP contribution is 2.15. The molecule has 9 heteroatoms. The van der Waals surface area contributed by atoms with Crippen LogP contribution in [0, 0.1) is 0 Å². The third-order valence-corrected chi connectivity index (χ3v) is 5.36. The molecule has 0 unspecified atom stereocenters. The summed E-state index contributed by atoms with van der Waals surface area (Å²) in [7, 11) is 0.352. The Morgan fingerprint density at radius 1 is 1.12 bits per heavy atom. The van der Waals surface area contributed by atoms with Gasteiger partial charge in [-0.25, -0.2) is 17.8 Å². The number of sulfonamides is 1. The van der Waals surface area contributed by atoms with Crippen LogP contribution in [0.15, 0.2) is 59.8 Å². The summed E-state index contributed by atoms with van der Waals surface area (Å²) >= 11 is 0. The van der Waals surface area contributed by atoms with Crippen LogP contribution in [-0.4, -0.2) is 49.3 Å². The summed E-state index contributed by atoms with van der Waals surface area (Å²) in [5.41, 5.74) is 2.76. The van der Waals surface area contributed by atoms with Gasteiger partial charge in [0.15, 0.2) is 0 Å². The lowest BCUT2D eigenvalue weighted by Gasteiger charge is -2.13. The Morgan fingerprint density at radius 3 is 2.54 bits per heavy atom. The molecule has 0 atom stereocenters. The molecule has 0 amide bonds. The van der Waals surface area contributed by atoms with Gasteiger partial charge in [0.05, 0.1) is 10.6 Å². The number of rotatable bonds is 7. The van der Waals surface area contributed by atoms with Gasteiger partial charge in [0.25, 0.3) is 0 Å². The molecular formula is C17H20N6O2S. The zero-order chi connectivity index (χ0) is 18.6. The molecule has 0 saturated heterocycles. The van der Waals surface area contributed by atoms with Crippen LogP contribution in [0.5, 0.6) is 0 Å². The number of tetrazole rings is 1. The zero-order valence-electron chi connectivity index (χ0n) is 14.6. The van der Waals surface area contributed by atoms with Gasteiger partial charge in [0, 0.05) is 26.3 Å². The van der Waals surface area contributed by atoms with Gasteiger partial charge in [-0.3, -0.25) is 0 Å². The van der Waals surface area contributed by atoms with Crippen LogP contribution in [0.25, 0.3) is 5.69 Å². The Kier molecular flexibility index (Phi) is 5.29. The van der Waals surface area contributed by atoms with Crippen LogP contribution >= 0.6 is 0 Å². The molecule has 136 valence electrons. The molecule has 26 heavy (non-hydrogen) atoms. The van der Waals surface area contributed by atoms with Crippen molar-refractivity contribution in [2.75, 3.05) is 25.5 Å². The molecule has 3 rings (SSSR count). The van der Waals surface area contributed by atoms with Crippen molar-refractivity contribution in [3.8, 4) is 5.69 Å². The molecule has 0 aliphatic rings. The fourth-order valence-corrected chi connectivity index (χ4v) is 3.52. The van der Waals surface area contributed by atoms with Crippen molar-refractivity contribution in [1.29, 1.82) is 0 Å². The van der Waals surface area contributed by atoms with Crippen LogP contribution < -0.4 is 9.62 Å². The number of hydrogen-bond donors (Lipinski definition) is 1. The maximum absolute atomic E-state index is 12.5. The Balaban J connectivity index is 1.65. The maximum Gasteiger partial charge on any atom is 0.240 e. The van der Waals surface area contributed by atoms with Gasteiger partial charge >= 0.3 is 0 Å². The number of hydrogen-bond acceptors (Lipinski definition) is 6. The second-order valence-corrected chi connectivity index (χ2v) is 7.73. The Bertz CT molecular complexity index is 953. The molecule has 0 spiro atoms. The fraction of sp³-hybridized carbons (Fsp3) is 0.235. The number of nitrogens with zero attached hydrogens (tertiary/aromatic N) is 5. The van der Waals surface area contributed by atoms with Crippen molar-refractivity contribution >= 4 is 15.7 Å². The number of anilines is 1. The Morgan fingerprint density at radius 2 is 1.88 bits per heavy atom. The van der Waals surface area contributed by atoms with Gasteiger partial charge in [-0.05, 0) is 52.7 Å². The highest BCUT2D eigenvalue weighted by Gasteiger charge is 2.14. The summed E-state index contributed by atoms with van der Waals surface area (Å²) < 4.78 is 29.1. The molecule has 0 radical (unpaired) electrons. The van der Waals surface area contributed by atoms with E-state index in [2.05, 4.69) is 20.2 Å². The molecular weight excluding hydrogens is 352 g/mol. The van der Waals surface area contributed by atoms with Crippen molar-refractivity contribution in [1.82, 2.24) is 24.9 Å². The van der Waals surface area contributed by atoms with Gasteiger partial charge in [-0.1, -0.05) is 18.2 Å². The van der Waals surface area contributed by atoms with Crippen molar-refractivity contribution in [3.05, 3.63) is 60.4 Å². The van der Waals surface area contributed by atoms with Gasteiger partial charge in [-0.2, -0.15) is 0 Å². The molecule has 8 nitrogen and oxygen atoms in total. The van der Waals surface area contributed by atoms with E-state index in [4.69, 9.17) is 0 Å². The monoisotopic (exact) mass is 372 g/mol. The lowest BCUT2D eigenvalue weighted by atomic mass is 10.1. The summed E-state index contributed by atoms with van der Waals surface area (Å²) in [5, 5.41) is 10.9. The van der Waals surface area contributed by atoms with Gasteiger partial charge < -0.3 is 4.90 Å². The first-order chi connectivity index (χ1) is 12.5. The SMILES string of the molecule is CN(C)c1ccc(CCNS(=O)(=O)c2cccc(-n3cnnn3)c2)cc1. The summed E-state index contributed by atoms with van der Waals surface area (Å²) in [5.74, 6) is 0. The van der Waals surface area contributed by atoms with E-state index in [0.29, 0.717) is 18.7 Å². The van der Waals surface area contributed by atoms with E-state index in [1.54, 1.807) is 18.2 Å². The van der Waals surface area contributed by atoms with E-state index in [1.165, 1.54) is 17.1 Å². The van der Waals surface area contributed by atoms with Gasteiger partial charge in [0.1, 0.15) is 6.33 Å². The zero-order valence-corrected chi connectivity index (χ0v) is 15.4. The third-order valence-electron chi connectivity index (χ3n) is 3.90. The Labute approximate surface area is 152 Å². The minimum Gasteiger partial charge on any atom is -0.378 e. The quantitative estimate of drug-likeness (QED) is 0.671. The summed E-state index contributed by atoms with van der Waals surface area (Å²) in [4.78, 5) is 2.19. The molecule has 2 aromatic carbocycles. The first-order valence-electron chi connectivity index (χ1n) is 8.05. The lowest BCUT2D eigenvalue weighted by Crippen LogP contribution is -2.26. The third kappa shape index (κ3) is 4.24. The topological polar surface area (TPSA) is 93.0 Å². The number of aromatic nitrogens is 4. The molecule has 0 bridgehead atoms. The van der Waals surface area contributed by atoms with E-state index < -0.39 is 10.0 Å². The largest absolute Gasteiger partial charge is 0.378 e. The smallest absolute Gasteiger partial charge is 0.240 e. The summed E-state index contributed by atoms with van der Waals surface area (Å²) in [6.45, 7) is 0.318. The van der Waals surface area contributed by atoms with E-state index >= 15 is 0 Å². The molecule has 3 aromatic rings. The highest BCUT2D eigenvalue weighted by molar-refractivity contribution is 7.89. The minimum absolute atomic E-state index is 0.174. The summed E-state index contributed by atoms with van der Waals surface area (Å²) in [6.07, 6.45) is 2.02. The highest BCUT2D eigenvalue weighted by atomic mass is 32.2. The van der Waals surface area contributed by atoms with Crippen LogP contribution in [-0.2, 0) is 16.4 Å². The van der Waals surface area contributed by atoms with Crippen LogP contribution in [0.2, 0.25) is 0 Å². The van der Waals surface area contributed by atoms with Crippen LogP contribution in [0.1, 0.15) is 5.56 Å². The lowest BCUT2D eigenvalue weighted by molar-refractivity contribution is 0.581. The molecule has 1 aromatic heterocycles. The predicted octanol–water partition coefficient (Wildman–Crippen LogP) is 1.25. The number of benzene rings is 2. The van der Waals surface area contributed by atoms with Crippen LogP contribution in [0.4, 0.5) is 5.69 Å². The second kappa shape index (κ2) is 7.63. The standard InChI is InChI=1S/C17H20N6O2S/c1-22(2)15-8-6-14(7-9-15)10-11-19-26(24,25)17-5-3-4-16(12-17)23-13-18-20-21-23/h3-9,12-13,19H,10-11H2,1-2H3. The van der Waals surface area contributed by atoms with E-state index in [-0.39, 0.29) is 4.90 Å². The summed E-state index contributed by atoms with van der Waals surface area (Å²) in [6, 6.07) is 14.5. The average molecular weight is 372 g/mol. The van der Waals surface area contributed by atoms with E-state index in [0.717, 1.165) is 11.3 Å². The van der Waals surface area contributed by atoms with Crippen molar-refractivity contribution in [3.63, 3.8) is 0 Å². The van der Waals surface area contributed by atoms with E-state index in [1.807, 2.05) is 43.3 Å². The second-order valence-electron chi connectivity index (χ2n) is 5.96. The molecule has 0 fully saturated rings. The van der Waals surface area contributed by atoms with Crippen LogP contribution in [0.3, 0.4) is 0 Å². The average Bonchev–Trinajstić information content (AvgIpc) is 3.17. The van der Waals surface area contributed by atoms with Gasteiger partial charge in [0.2, 0.25) is 10.0 Å². The molecule has 1 N–H and O–H groups in total.